The molecule has 3 fully saturated rings. The van der Waals surface area contributed by atoms with Crippen LogP contribution in [0.2, 0.25) is 5.02 Å². The summed E-state index contributed by atoms with van der Waals surface area (Å²) in [5, 5.41) is 0.240. The highest BCUT2D eigenvalue weighted by molar-refractivity contribution is 6.30. The first kappa shape index (κ1) is 19.7. The Labute approximate surface area is 170 Å². The molecule has 6 atom stereocenters. The maximum Gasteiger partial charge on any atom is 0.142 e. The Hall–Kier alpha value is -0.560. The highest BCUT2D eigenvalue weighted by Gasteiger charge is 2.44. The molecule has 3 aliphatic carbocycles. The summed E-state index contributed by atoms with van der Waals surface area (Å²) in [5.74, 6) is 5.70. The minimum Gasteiger partial charge on any atom is -0.205 e. The molecule has 1 aromatic rings. The van der Waals surface area contributed by atoms with Gasteiger partial charge in [0.15, 0.2) is 0 Å². The van der Waals surface area contributed by atoms with E-state index >= 15 is 0 Å². The number of rotatable bonds is 5. The van der Waals surface area contributed by atoms with Crippen LogP contribution in [0.3, 0.4) is 0 Å². The average Bonchev–Trinajstić information content (AvgIpc) is 2.68. The largest absolute Gasteiger partial charge is 0.205 e. The number of benzene rings is 1. The fourth-order valence-corrected chi connectivity index (χ4v) is 7.10. The number of aryl methyl sites for hydroxylation is 1. The van der Waals surface area contributed by atoms with Crippen LogP contribution in [-0.4, -0.2) is 0 Å². The van der Waals surface area contributed by atoms with Crippen LogP contribution in [-0.2, 0) is 6.42 Å². The molecule has 2 heteroatoms. The lowest BCUT2D eigenvalue weighted by atomic mass is 9.55. The van der Waals surface area contributed by atoms with Gasteiger partial charge in [0.2, 0.25) is 0 Å². The highest BCUT2D eigenvalue weighted by atomic mass is 35.5. The van der Waals surface area contributed by atoms with Crippen molar-refractivity contribution in [3.63, 3.8) is 0 Å². The van der Waals surface area contributed by atoms with Gasteiger partial charge in [-0.1, -0.05) is 50.3 Å². The van der Waals surface area contributed by atoms with E-state index in [0.29, 0.717) is 0 Å². The Kier molecular flexibility index (Phi) is 6.47. The predicted molar refractivity (Wildman–Crippen MR) is 113 cm³/mol. The smallest absolute Gasteiger partial charge is 0.142 e. The summed E-state index contributed by atoms with van der Waals surface area (Å²) < 4.78 is 13.7. The Morgan fingerprint density at radius 2 is 1.52 bits per heavy atom. The molecule has 1 unspecified atom stereocenters. The molecule has 27 heavy (non-hydrogen) atoms. The van der Waals surface area contributed by atoms with Crippen molar-refractivity contribution in [2.75, 3.05) is 0 Å². The van der Waals surface area contributed by atoms with Gasteiger partial charge in [0, 0.05) is 0 Å². The Balaban J connectivity index is 1.29. The SMILES string of the molecule is CCC[C@@H]1CC[C@H]2[C@H](CC[C@H]3CC(CCc4ccc(Cl)c(F)c4)CC[C@@H]32)C1. The van der Waals surface area contributed by atoms with E-state index in [9.17, 15) is 4.39 Å². The monoisotopic (exact) mass is 390 g/mol. The fourth-order valence-electron chi connectivity index (χ4n) is 6.99. The normalized spacial score (nSPS) is 36.1. The van der Waals surface area contributed by atoms with Crippen LogP contribution < -0.4 is 0 Å². The minimum atomic E-state index is -0.269. The van der Waals surface area contributed by atoms with Crippen molar-refractivity contribution >= 4 is 11.6 Å². The molecule has 0 spiro atoms. The number of hydrogen-bond acceptors (Lipinski definition) is 0. The van der Waals surface area contributed by atoms with Crippen LogP contribution in [0, 0.1) is 41.3 Å². The molecule has 0 N–H and O–H groups in total. The lowest BCUT2D eigenvalue weighted by Gasteiger charge is -2.51. The average molecular weight is 391 g/mol. The highest BCUT2D eigenvalue weighted by Crippen LogP contribution is 2.54. The van der Waals surface area contributed by atoms with Crippen molar-refractivity contribution in [2.45, 2.75) is 84.0 Å². The summed E-state index contributed by atoms with van der Waals surface area (Å²) in [7, 11) is 0. The first-order chi connectivity index (χ1) is 13.1. The second kappa shape index (κ2) is 8.85. The van der Waals surface area contributed by atoms with Gasteiger partial charge < -0.3 is 0 Å². The second-order valence-electron chi connectivity index (χ2n) is 9.86. The molecule has 1 aromatic carbocycles. The molecule has 150 valence electrons. The minimum absolute atomic E-state index is 0.240. The number of halogens is 2. The van der Waals surface area contributed by atoms with E-state index < -0.39 is 0 Å². The Bertz CT molecular complexity index is 627. The van der Waals surface area contributed by atoms with E-state index in [-0.39, 0.29) is 10.8 Å². The van der Waals surface area contributed by atoms with E-state index in [4.69, 9.17) is 11.6 Å². The Morgan fingerprint density at radius 1 is 0.889 bits per heavy atom. The zero-order valence-corrected chi connectivity index (χ0v) is 17.7. The summed E-state index contributed by atoms with van der Waals surface area (Å²) >= 11 is 5.81. The van der Waals surface area contributed by atoms with E-state index in [1.807, 2.05) is 6.07 Å². The summed E-state index contributed by atoms with van der Waals surface area (Å²) in [4.78, 5) is 0. The first-order valence-electron chi connectivity index (χ1n) is 11.6. The molecule has 0 nitrogen and oxygen atoms in total. The molecular formula is C25H36ClF. The van der Waals surface area contributed by atoms with Crippen LogP contribution in [0.15, 0.2) is 18.2 Å². The predicted octanol–water partition coefficient (Wildman–Crippen LogP) is 8.07. The number of fused-ring (bicyclic) bond motifs is 3. The molecule has 0 bridgehead atoms. The molecule has 4 rings (SSSR count). The molecule has 0 aromatic heterocycles. The molecule has 3 aliphatic rings. The molecule has 3 saturated carbocycles. The summed E-state index contributed by atoms with van der Waals surface area (Å²) in [6, 6.07) is 5.34. The van der Waals surface area contributed by atoms with Crippen molar-refractivity contribution in [3.05, 3.63) is 34.6 Å². The molecule has 0 radical (unpaired) electrons. The van der Waals surface area contributed by atoms with Crippen LogP contribution in [0.5, 0.6) is 0 Å². The summed E-state index contributed by atoms with van der Waals surface area (Å²) in [6.45, 7) is 2.35. The maximum atomic E-state index is 13.7. The summed E-state index contributed by atoms with van der Waals surface area (Å²) in [6.07, 6.45) is 16.9. The van der Waals surface area contributed by atoms with Crippen LogP contribution in [0.25, 0.3) is 0 Å². The van der Waals surface area contributed by atoms with Gasteiger partial charge in [-0.15, -0.1) is 0 Å². The molecule has 0 amide bonds. The lowest BCUT2D eigenvalue weighted by molar-refractivity contribution is -0.00405. The Morgan fingerprint density at radius 3 is 2.11 bits per heavy atom. The molecule has 0 saturated heterocycles. The zero-order valence-electron chi connectivity index (χ0n) is 16.9. The number of hydrogen-bond donors (Lipinski definition) is 0. The maximum absolute atomic E-state index is 13.7. The van der Waals surface area contributed by atoms with Gasteiger partial charge in [0.1, 0.15) is 5.82 Å². The van der Waals surface area contributed by atoms with Crippen LogP contribution >= 0.6 is 11.6 Å². The van der Waals surface area contributed by atoms with Gasteiger partial charge in [-0.05, 0) is 105 Å². The third-order valence-electron chi connectivity index (χ3n) is 8.28. The van der Waals surface area contributed by atoms with Gasteiger partial charge >= 0.3 is 0 Å². The fraction of sp³-hybridized carbons (Fsp3) is 0.760. The topological polar surface area (TPSA) is 0 Å². The summed E-state index contributed by atoms with van der Waals surface area (Å²) in [5.41, 5.74) is 1.11. The van der Waals surface area contributed by atoms with Gasteiger partial charge in [-0.3, -0.25) is 0 Å². The van der Waals surface area contributed by atoms with Gasteiger partial charge in [0.25, 0.3) is 0 Å². The van der Waals surface area contributed by atoms with E-state index in [1.54, 1.807) is 12.1 Å². The molecule has 0 heterocycles. The van der Waals surface area contributed by atoms with Crippen molar-refractivity contribution in [1.29, 1.82) is 0 Å². The van der Waals surface area contributed by atoms with Gasteiger partial charge in [0.05, 0.1) is 5.02 Å². The van der Waals surface area contributed by atoms with E-state index in [1.165, 1.54) is 70.6 Å². The zero-order chi connectivity index (χ0) is 18.8. The molecule has 0 aliphatic heterocycles. The lowest BCUT2D eigenvalue weighted by Crippen LogP contribution is -2.41. The standard InChI is InChI=1S/C25H36ClF/c1-2-3-17-6-11-22-20(14-17)9-10-21-15-18(7-12-23(21)22)4-5-19-8-13-24(26)25(27)16-19/h8,13,16-18,20-23H,2-7,9-12,14-15H2,1H3/t17-,18?,20-,21+,22+,23+/m1/s1. The quantitative estimate of drug-likeness (QED) is 0.476. The van der Waals surface area contributed by atoms with Crippen molar-refractivity contribution in [2.24, 2.45) is 35.5 Å². The van der Waals surface area contributed by atoms with E-state index in [2.05, 4.69) is 6.92 Å². The van der Waals surface area contributed by atoms with Crippen molar-refractivity contribution < 1.29 is 4.39 Å². The van der Waals surface area contributed by atoms with Gasteiger partial charge in [-0.25, -0.2) is 4.39 Å². The van der Waals surface area contributed by atoms with Crippen LogP contribution in [0.4, 0.5) is 4.39 Å². The van der Waals surface area contributed by atoms with Crippen LogP contribution in [0.1, 0.15) is 83.1 Å². The van der Waals surface area contributed by atoms with Gasteiger partial charge in [-0.2, -0.15) is 0 Å². The van der Waals surface area contributed by atoms with Crippen molar-refractivity contribution in [1.82, 2.24) is 0 Å². The second-order valence-corrected chi connectivity index (χ2v) is 10.3. The first-order valence-corrected chi connectivity index (χ1v) is 12.0. The van der Waals surface area contributed by atoms with E-state index in [0.717, 1.165) is 47.5 Å². The third kappa shape index (κ3) is 4.55. The van der Waals surface area contributed by atoms with Crippen molar-refractivity contribution in [3.8, 4) is 0 Å². The third-order valence-corrected chi connectivity index (χ3v) is 8.59. The molecular weight excluding hydrogens is 355 g/mol.